The number of carbonyl (C=O) groups is 2. The predicted molar refractivity (Wildman–Crippen MR) is 89.0 cm³/mol. The van der Waals surface area contributed by atoms with Gasteiger partial charge in [-0.3, -0.25) is 9.59 Å². The number of para-hydroxylation sites is 1. The summed E-state index contributed by atoms with van der Waals surface area (Å²) in [6.45, 7) is 2.92. The van der Waals surface area contributed by atoms with Crippen molar-refractivity contribution in [2.24, 2.45) is 0 Å². The van der Waals surface area contributed by atoms with Crippen molar-refractivity contribution in [3.05, 3.63) is 71.9 Å². The van der Waals surface area contributed by atoms with E-state index in [4.69, 9.17) is 0 Å². The molecular formula is C19H16N2O2. The van der Waals surface area contributed by atoms with Crippen molar-refractivity contribution in [1.82, 2.24) is 9.78 Å². The van der Waals surface area contributed by atoms with Crippen LogP contribution in [0.5, 0.6) is 0 Å². The number of ketones is 2. The van der Waals surface area contributed by atoms with Crippen LogP contribution in [-0.2, 0) is 0 Å². The second kappa shape index (κ2) is 6.01. The van der Waals surface area contributed by atoms with E-state index in [1.807, 2.05) is 60.7 Å². The van der Waals surface area contributed by atoms with Gasteiger partial charge in [-0.25, -0.2) is 4.68 Å². The molecule has 4 nitrogen and oxygen atoms in total. The van der Waals surface area contributed by atoms with Crippen molar-refractivity contribution in [3.8, 4) is 16.9 Å². The second-order valence-corrected chi connectivity index (χ2v) is 5.30. The fraction of sp³-hybridized carbons (Fsp3) is 0.105. The monoisotopic (exact) mass is 304 g/mol. The van der Waals surface area contributed by atoms with Crippen LogP contribution in [0.2, 0.25) is 0 Å². The number of aromatic nitrogens is 2. The molecule has 0 atom stereocenters. The quantitative estimate of drug-likeness (QED) is 0.686. The Balaban J connectivity index is 2.34. The van der Waals surface area contributed by atoms with Gasteiger partial charge in [0.25, 0.3) is 0 Å². The predicted octanol–water partition coefficient (Wildman–Crippen LogP) is 3.94. The minimum Gasteiger partial charge on any atom is -0.294 e. The first-order valence-corrected chi connectivity index (χ1v) is 7.35. The molecule has 4 heteroatoms. The van der Waals surface area contributed by atoms with E-state index in [1.54, 1.807) is 4.68 Å². The van der Waals surface area contributed by atoms with Gasteiger partial charge >= 0.3 is 0 Å². The fourth-order valence-corrected chi connectivity index (χ4v) is 2.63. The van der Waals surface area contributed by atoms with Gasteiger partial charge in [-0.1, -0.05) is 48.5 Å². The molecule has 114 valence electrons. The summed E-state index contributed by atoms with van der Waals surface area (Å²) >= 11 is 0. The van der Waals surface area contributed by atoms with Crippen LogP contribution in [0.25, 0.3) is 16.9 Å². The van der Waals surface area contributed by atoms with Crippen molar-refractivity contribution in [2.75, 3.05) is 0 Å². The molecule has 0 bridgehead atoms. The first kappa shape index (κ1) is 14.9. The molecule has 3 aromatic rings. The van der Waals surface area contributed by atoms with Crippen LogP contribution >= 0.6 is 0 Å². The van der Waals surface area contributed by atoms with Crippen molar-refractivity contribution in [3.63, 3.8) is 0 Å². The Morgan fingerprint density at radius 1 is 0.826 bits per heavy atom. The maximum atomic E-state index is 12.2. The Hall–Kier alpha value is -3.01. The Morgan fingerprint density at radius 3 is 1.91 bits per heavy atom. The van der Waals surface area contributed by atoms with Crippen LogP contribution < -0.4 is 0 Å². The zero-order chi connectivity index (χ0) is 16.4. The summed E-state index contributed by atoms with van der Waals surface area (Å²) in [5.74, 6) is -0.357. The molecule has 0 spiro atoms. The first-order chi connectivity index (χ1) is 11.1. The van der Waals surface area contributed by atoms with Crippen molar-refractivity contribution >= 4 is 11.6 Å². The Morgan fingerprint density at radius 2 is 1.39 bits per heavy atom. The van der Waals surface area contributed by atoms with Gasteiger partial charge in [-0.15, -0.1) is 0 Å². The minimum absolute atomic E-state index is 0.170. The molecule has 2 aromatic carbocycles. The molecule has 0 unspecified atom stereocenters. The average Bonchev–Trinajstić information content (AvgIpc) is 2.97. The third-order valence-electron chi connectivity index (χ3n) is 3.62. The first-order valence-electron chi connectivity index (χ1n) is 7.35. The molecular weight excluding hydrogens is 288 g/mol. The van der Waals surface area contributed by atoms with E-state index in [0.29, 0.717) is 17.0 Å². The van der Waals surface area contributed by atoms with E-state index >= 15 is 0 Å². The van der Waals surface area contributed by atoms with Gasteiger partial charge in [-0.05, 0) is 19.1 Å². The number of benzene rings is 2. The Labute approximate surface area is 134 Å². The van der Waals surface area contributed by atoms with Crippen LogP contribution in [0, 0.1) is 0 Å². The van der Waals surface area contributed by atoms with Gasteiger partial charge in [0, 0.05) is 12.5 Å². The highest BCUT2D eigenvalue weighted by Crippen LogP contribution is 2.28. The lowest BCUT2D eigenvalue weighted by atomic mass is 10.0. The molecule has 0 N–H and O–H groups in total. The van der Waals surface area contributed by atoms with Crippen LogP contribution in [0.4, 0.5) is 0 Å². The number of nitrogens with zero attached hydrogens (tertiary/aromatic N) is 2. The largest absolute Gasteiger partial charge is 0.294 e. The fourth-order valence-electron chi connectivity index (χ4n) is 2.63. The number of hydrogen-bond acceptors (Lipinski definition) is 3. The van der Waals surface area contributed by atoms with Crippen molar-refractivity contribution < 1.29 is 9.59 Å². The topological polar surface area (TPSA) is 52.0 Å². The lowest BCUT2D eigenvalue weighted by molar-refractivity contribution is 0.0977. The molecule has 1 aromatic heterocycles. The van der Waals surface area contributed by atoms with Gasteiger partial charge in [0.2, 0.25) is 0 Å². The molecule has 0 aliphatic carbocycles. The Bertz CT molecular complexity index is 793. The summed E-state index contributed by atoms with van der Waals surface area (Å²) in [5.41, 5.74) is 2.79. The Kier molecular flexibility index (Phi) is 3.89. The van der Waals surface area contributed by atoms with E-state index in [1.165, 1.54) is 13.8 Å². The number of carbonyl (C=O) groups excluding carboxylic acids is 2. The third-order valence-corrected chi connectivity index (χ3v) is 3.62. The molecule has 0 saturated carbocycles. The molecule has 0 aliphatic rings. The van der Waals surface area contributed by atoms with Gasteiger partial charge in [-0.2, -0.15) is 5.10 Å². The van der Waals surface area contributed by atoms with E-state index < -0.39 is 0 Å². The van der Waals surface area contributed by atoms with Gasteiger partial charge in [0.15, 0.2) is 11.6 Å². The summed E-state index contributed by atoms with van der Waals surface area (Å²) in [5, 5.41) is 4.57. The van der Waals surface area contributed by atoms with Crippen molar-refractivity contribution in [2.45, 2.75) is 13.8 Å². The average molecular weight is 304 g/mol. The van der Waals surface area contributed by atoms with E-state index in [9.17, 15) is 9.59 Å². The molecule has 0 aliphatic heterocycles. The van der Waals surface area contributed by atoms with Gasteiger partial charge < -0.3 is 0 Å². The molecule has 1 heterocycles. The summed E-state index contributed by atoms with van der Waals surface area (Å²) in [7, 11) is 0. The second-order valence-electron chi connectivity index (χ2n) is 5.30. The highest BCUT2D eigenvalue weighted by molar-refractivity contribution is 6.10. The molecule has 23 heavy (non-hydrogen) atoms. The maximum Gasteiger partial charge on any atom is 0.179 e. The molecule has 0 amide bonds. The van der Waals surface area contributed by atoms with Crippen LogP contribution in [0.1, 0.15) is 34.7 Å². The minimum atomic E-state index is -0.186. The highest BCUT2D eigenvalue weighted by Gasteiger charge is 2.25. The van der Waals surface area contributed by atoms with Crippen LogP contribution in [0.15, 0.2) is 60.7 Å². The SMILES string of the molecule is CC(=O)c1c(-c2ccccc2)nn(-c2ccccc2)c1C(C)=O. The molecule has 3 rings (SSSR count). The lowest BCUT2D eigenvalue weighted by Gasteiger charge is -2.05. The van der Waals surface area contributed by atoms with E-state index in [-0.39, 0.29) is 11.6 Å². The number of Topliss-reactive ketones (excluding diaryl/α,β-unsaturated/α-hetero) is 2. The summed E-state index contributed by atoms with van der Waals surface area (Å²) in [6, 6.07) is 18.8. The lowest BCUT2D eigenvalue weighted by Crippen LogP contribution is -2.09. The zero-order valence-corrected chi connectivity index (χ0v) is 13.0. The number of hydrogen-bond donors (Lipinski definition) is 0. The van der Waals surface area contributed by atoms with Crippen LogP contribution in [-0.4, -0.2) is 21.3 Å². The zero-order valence-electron chi connectivity index (χ0n) is 13.0. The highest BCUT2D eigenvalue weighted by atomic mass is 16.1. The molecule has 0 radical (unpaired) electrons. The number of rotatable bonds is 4. The maximum absolute atomic E-state index is 12.2. The normalized spacial score (nSPS) is 10.5. The summed E-state index contributed by atoms with van der Waals surface area (Å²) < 4.78 is 1.56. The van der Waals surface area contributed by atoms with E-state index in [2.05, 4.69) is 5.10 Å². The third kappa shape index (κ3) is 2.71. The van der Waals surface area contributed by atoms with E-state index in [0.717, 1.165) is 11.3 Å². The standard InChI is InChI=1S/C19H16N2O2/c1-13(22)17-18(15-9-5-3-6-10-15)20-21(19(17)14(2)23)16-11-7-4-8-12-16/h3-12H,1-2H3. The van der Waals surface area contributed by atoms with Gasteiger partial charge in [0.05, 0.1) is 11.3 Å². The summed E-state index contributed by atoms with van der Waals surface area (Å²) in [6.07, 6.45) is 0. The molecule has 0 fully saturated rings. The smallest absolute Gasteiger partial charge is 0.179 e. The van der Waals surface area contributed by atoms with Crippen molar-refractivity contribution in [1.29, 1.82) is 0 Å². The van der Waals surface area contributed by atoms with Gasteiger partial charge in [0.1, 0.15) is 11.4 Å². The molecule has 0 saturated heterocycles. The summed E-state index contributed by atoms with van der Waals surface area (Å²) in [4.78, 5) is 24.4. The van der Waals surface area contributed by atoms with Crippen LogP contribution in [0.3, 0.4) is 0 Å².